The average molecular weight is 433 g/mol. The van der Waals surface area contributed by atoms with Crippen molar-refractivity contribution in [2.24, 2.45) is 0 Å². The highest BCUT2D eigenvalue weighted by molar-refractivity contribution is 9.10. The van der Waals surface area contributed by atoms with Gasteiger partial charge in [0, 0.05) is 61.7 Å². The second kappa shape index (κ2) is 8.14. The topological polar surface area (TPSA) is 66.9 Å². The first kappa shape index (κ1) is 18.1. The number of benzene rings is 1. The van der Waals surface area contributed by atoms with E-state index in [1.165, 1.54) is 5.56 Å². The second-order valence-electron chi connectivity index (χ2n) is 6.53. The smallest absolute Gasteiger partial charge is 0.321 e. The summed E-state index contributed by atoms with van der Waals surface area (Å²) in [5.74, 6) is 1.34. The Hall–Kier alpha value is -2.32. The number of carbonyl (C=O) groups excluding carboxylic acids is 1. The van der Waals surface area contributed by atoms with Crippen molar-refractivity contribution in [1.82, 2.24) is 14.8 Å². The number of aromatic nitrogens is 1. The standard InChI is InChI=1S/C19H21BrN4O3/c20-15-10-17-18(27-9-8-26-17)11-16(15)22-19(25)24-6-4-23(5-7-24)13-14-2-1-3-21-12-14/h1-3,10-12H,4-9,13H2,(H,22,25). The van der Waals surface area contributed by atoms with E-state index in [1.54, 1.807) is 12.3 Å². The van der Waals surface area contributed by atoms with Crippen molar-refractivity contribution in [3.63, 3.8) is 0 Å². The number of ether oxygens (including phenoxy) is 2. The maximum absolute atomic E-state index is 12.6. The van der Waals surface area contributed by atoms with Gasteiger partial charge < -0.3 is 19.7 Å². The Balaban J connectivity index is 1.33. The SMILES string of the molecule is O=C(Nc1cc2c(cc1Br)OCCO2)N1CCN(Cc2cccnc2)CC1. The number of anilines is 1. The van der Waals surface area contributed by atoms with Gasteiger partial charge in [-0.15, -0.1) is 0 Å². The van der Waals surface area contributed by atoms with E-state index < -0.39 is 0 Å². The quantitative estimate of drug-likeness (QED) is 0.807. The first-order valence-corrected chi connectivity index (χ1v) is 9.75. The normalized spacial score (nSPS) is 16.9. The lowest BCUT2D eigenvalue weighted by Gasteiger charge is -2.34. The molecule has 1 N–H and O–H groups in total. The number of pyridine rings is 1. The van der Waals surface area contributed by atoms with E-state index in [0.29, 0.717) is 43.5 Å². The first-order valence-electron chi connectivity index (χ1n) is 8.95. The Bertz CT molecular complexity index is 810. The minimum atomic E-state index is -0.103. The second-order valence-corrected chi connectivity index (χ2v) is 7.38. The number of amides is 2. The monoisotopic (exact) mass is 432 g/mol. The van der Waals surface area contributed by atoms with Gasteiger partial charge in [-0.1, -0.05) is 6.07 Å². The van der Waals surface area contributed by atoms with Crippen LogP contribution in [0.5, 0.6) is 11.5 Å². The summed E-state index contributed by atoms with van der Waals surface area (Å²) < 4.78 is 11.9. The Labute approximate surface area is 166 Å². The summed E-state index contributed by atoms with van der Waals surface area (Å²) in [5.41, 5.74) is 1.87. The van der Waals surface area contributed by atoms with E-state index in [0.717, 1.165) is 24.1 Å². The van der Waals surface area contributed by atoms with E-state index in [-0.39, 0.29) is 6.03 Å². The number of urea groups is 1. The molecule has 0 radical (unpaired) electrons. The van der Waals surface area contributed by atoms with Crippen LogP contribution in [0.3, 0.4) is 0 Å². The van der Waals surface area contributed by atoms with Gasteiger partial charge in [-0.3, -0.25) is 9.88 Å². The van der Waals surface area contributed by atoms with Gasteiger partial charge in [-0.05, 0) is 27.6 Å². The number of halogens is 1. The van der Waals surface area contributed by atoms with Crippen molar-refractivity contribution in [1.29, 1.82) is 0 Å². The number of rotatable bonds is 3. The number of piperazine rings is 1. The van der Waals surface area contributed by atoms with Crippen LogP contribution in [-0.2, 0) is 6.54 Å². The molecule has 1 aromatic carbocycles. The molecule has 0 spiro atoms. The molecule has 2 aromatic rings. The van der Waals surface area contributed by atoms with Gasteiger partial charge in [0.25, 0.3) is 0 Å². The van der Waals surface area contributed by atoms with E-state index in [4.69, 9.17) is 9.47 Å². The van der Waals surface area contributed by atoms with Crippen LogP contribution < -0.4 is 14.8 Å². The van der Waals surface area contributed by atoms with E-state index in [1.807, 2.05) is 23.2 Å². The molecule has 142 valence electrons. The van der Waals surface area contributed by atoms with Gasteiger partial charge in [0.15, 0.2) is 11.5 Å². The molecule has 7 nitrogen and oxygen atoms in total. The predicted octanol–water partition coefficient (Wildman–Crippen LogP) is 2.97. The van der Waals surface area contributed by atoms with Crippen LogP contribution in [0.25, 0.3) is 0 Å². The number of nitrogens with one attached hydrogen (secondary N) is 1. The molecule has 1 fully saturated rings. The Morgan fingerprint density at radius 3 is 2.59 bits per heavy atom. The van der Waals surface area contributed by atoms with Gasteiger partial charge in [-0.25, -0.2) is 4.79 Å². The van der Waals surface area contributed by atoms with Crippen LogP contribution in [0.1, 0.15) is 5.56 Å². The molecule has 0 unspecified atom stereocenters. The fourth-order valence-electron chi connectivity index (χ4n) is 3.21. The molecule has 2 aliphatic heterocycles. The third-order valence-electron chi connectivity index (χ3n) is 4.66. The Kier molecular flexibility index (Phi) is 5.45. The molecular formula is C19H21BrN4O3. The van der Waals surface area contributed by atoms with Gasteiger partial charge in [-0.2, -0.15) is 0 Å². The van der Waals surface area contributed by atoms with Crippen molar-refractivity contribution in [3.8, 4) is 11.5 Å². The lowest BCUT2D eigenvalue weighted by molar-refractivity contribution is 0.143. The number of hydrogen-bond donors (Lipinski definition) is 1. The van der Waals surface area contributed by atoms with E-state index in [9.17, 15) is 4.79 Å². The Morgan fingerprint density at radius 1 is 1.15 bits per heavy atom. The van der Waals surface area contributed by atoms with Gasteiger partial charge in [0.2, 0.25) is 0 Å². The highest BCUT2D eigenvalue weighted by atomic mass is 79.9. The van der Waals surface area contributed by atoms with Crippen LogP contribution >= 0.6 is 15.9 Å². The third kappa shape index (κ3) is 4.33. The number of fused-ring (bicyclic) bond motifs is 1. The van der Waals surface area contributed by atoms with Crippen molar-refractivity contribution in [3.05, 3.63) is 46.7 Å². The molecule has 27 heavy (non-hydrogen) atoms. The molecule has 2 aliphatic rings. The van der Waals surface area contributed by atoms with Crippen LogP contribution in [0.2, 0.25) is 0 Å². The molecule has 1 saturated heterocycles. The summed E-state index contributed by atoms with van der Waals surface area (Å²) in [4.78, 5) is 21.0. The van der Waals surface area contributed by atoms with Crippen molar-refractivity contribution in [2.75, 3.05) is 44.7 Å². The minimum absolute atomic E-state index is 0.103. The maximum Gasteiger partial charge on any atom is 0.321 e. The molecule has 0 bridgehead atoms. The van der Waals surface area contributed by atoms with Crippen molar-refractivity contribution < 1.29 is 14.3 Å². The predicted molar refractivity (Wildman–Crippen MR) is 105 cm³/mol. The van der Waals surface area contributed by atoms with Gasteiger partial charge in [0.1, 0.15) is 13.2 Å². The first-order chi connectivity index (χ1) is 13.2. The molecule has 0 atom stereocenters. The highest BCUT2D eigenvalue weighted by Gasteiger charge is 2.23. The third-order valence-corrected chi connectivity index (χ3v) is 5.32. The fourth-order valence-corrected chi connectivity index (χ4v) is 3.63. The van der Waals surface area contributed by atoms with Crippen molar-refractivity contribution in [2.45, 2.75) is 6.54 Å². The van der Waals surface area contributed by atoms with Crippen LogP contribution in [-0.4, -0.2) is 60.2 Å². The maximum atomic E-state index is 12.6. The van der Waals surface area contributed by atoms with E-state index in [2.05, 4.69) is 37.2 Å². The molecular weight excluding hydrogens is 412 g/mol. The summed E-state index contributed by atoms with van der Waals surface area (Å²) in [7, 11) is 0. The van der Waals surface area contributed by atoms with E-state index >= 15 is 0 Å². The average Bonchev–Trinajstić information content (AvgIpc) is 2.70. The van der Waals surface area contributed by atoms with Crippen LogP contribution in [0.4, 0.5) is 10.5 Å². The summed E-state index contributed by atoms with van der Waals surface area (Å²) >= 11 is 3.49. The summed E-state index contributed by atoms with van der Waals surface area (Å²) in [5, 5.41) is 2.97. The Morgan fingerprint density at radius 2 is 1.89 bits per heavy atom. The molecule has 0 aliphatic carbocycles. The number of hydrogen-bond acceptors (Lipinski definition) is 5. The zero-order valence-corrected chi connectivity index (χ0v) is 16.4. The molecule has 3 heterocycles. The highest BCUT2D eigenvalue weighted by Crippen LogP contribution is 2.38. The summed E-state index contributed by atoms with van der Waals surface area (Å²) in [6.07, 6.45) is 3.67. The van der Waals surface area contributed by atoms with Crippen LogP contribution in [0, 0.1) is 0 Å². The molecule has 2 amide bonds. The number of carbonyl (C=O) groups is 1. The number of nitrogens with zero attached hydrogens (tertiary/aromatic N) is 3. The molecule has 0 saturated carbocycles. The fraction of sp³-hybridized carbons (Fsp3) is 0.368. The van der Waals surface area contributed by atoms with Gasteiger partial charge in [0.05, 0.1) is 5.69 Å². The van der Waals surface area contributed by atoms with Crippen LogP contribution in [0.15, 0.2) is 41.1 Å². The lowest BCUT2D eigenvalue weighted by atomic mass is 10.2. The largest absolute Gasteiger partial charge is 0.486 e. The molecule has 4 rings (SSSR count). The zero-order chi connectivity index (χ0) is 18.6. The lowest BCUT2D eigenvalue weighted by Crippen LogP contribution is -2.49. The minimum Gasteiger partial charge on any atom is -0.486 e. The van der Waals surface area contributed by atoms with Crippen molar-refractivity contribution >= 4 is 27.6 Å². The van der Waals surface area contributed by atoms with Gasteiger partial charge >= 0.3 is 6.03 Å². The zero-order valence-electron chi connectivity index (χ0n) is 14.9. The summed E-state index contributed by atoms with van der Waals surface area (Å²) in [6.45, 7) is 4.96. The molecule has 8 heteroatoms. The summed E-state index contributed by atoms with van der Waals surface area (Å²) in [6, 6.07) is 7.55. The molecule has 1 aromatic heterocycles.